The van der Waals surface area contributed by atoms with Crippen molar-refractivity contribution in [1.82, 2.24) is 4.90 Å². The first-order valence-corrected chi connectivity index (χ1v) is 6.95. The van der Waals surface area contributed by atoms with Crippen LogP contribution in [0.3, 0.4) is 0 Å². The lowest BCUT2D eigenvalue weighted by Crippen LogP contribution is -2.24. The highest BCUT2D eigenvalue weighted by Gasteiger charge is 2.07. The van der Waals surface area contributed by atoms with Gasteiger partial charge >= 0.3 is 0 Å². The van der Waals surface area contributed by atoms with Crippen LogP contribution in [0.4, 0.5) is 0 Å². The smallest absolute Gasteiger partial charge is 0.172 e. The maximum Gasteiger partial charge on any atom is 0.172 e. The van der Waals surface area contributed by atoms with Crippen molar-refractivity contribution < 1.29 is 9.53 Å². The highest BCUT2D eigenvalue weighted by molar-refractivity contribution is 7.12. The molecule has 0 fully saturated rings. The van der Waals surface area contributed by atoms with Crippen LogP contribution in [-0.4, -0.2) is 44.0 Å². The number of hydrogen-bond acceptors (Lipinski definition) is 4. The molecule has 1 aromatic heterocycles. The Labute approximate surface area is 107 Å². The molecule has 0 aliphatic carbocycles. The highest BCUT2D eigenvalue weighted by atomic mass is 32.1. The third kappa shape index (κ3) is 5.96. The molecule has 0 spiro atoms. The van der Waals surface area contributed by atoms with Gasteiger partial charge in [0.2, 0.25) is 0 Å². The van der Waals surface area contributed by atoms with Gasteiger partial charge in [0.25, 0.3) is 0 Å². The molecule has 0 atom stereocenters. The quantitative estimate of drug-likeness (QED) is 0.502. The molecule has 0 aromatic carbocycles. The Kier molecular flexibility index (Phi) is 7.08. The number of carbonyl (C=O) groups is 1. The minimum Gasteiger partial charge on any atom is -0.380 e. The van der Waals surface area contributed by atoms with Gasteiger partial charge in [0.1, 0.15) is 0 Å². The Morgan fingerprint density at radius 2 is 2.29 bits per heavy atom. The Bertz CT molecular complexity index is 311. The van der Waals surface area contributed by atoms with Crippen molar-refractivity contribution in [2.45, 2.75) is 19.8 Å². The van der Waals surface area contributed by atoms with Gasteiger partial charge in [0.15, 0.2) is 5.78 Å². The van der Waals surface area contributed by atoms with Gasteiger partial charge in [-0.05, 0) is 38.4 Å². The monoisotopic (exact) mass is 255 g/mol. The molecule has 0 saturated carbocycles. The molecular weight excluding hydrogens is 234 g/mol. The van der Waals surface area contributed by atoms with Crippen molar-refractivity contribution in [3.63, 3.8) is 0 Å². The summed E-state index contributed by atoms with van der Waals surface area (Å²) < 4.78 is 5.28. The Balaban J connectivity index is 2.09. The molecule has 1 rings (SSSR count). The van der Waals surface area contributed by atoms with E-state index in [2.05, 4.69) is 11.9 Å². The third-order valence-electron chi connectivity index (χ3n) is 2.56. The van der Waals surface area contributed by atoms with Gasteiger partial charge in [-0.2, -0.15) is 0 Å². The van der Waals surface area contributed by atoms with Gasteiger partial charge in [0.05, 0.1) is 11.5 Å². The van der Waals surface area contributed by atoms with Gasteiger partial charge in [0, 0.05) is 19.6 Å². The number of thiophene rings is 1. The fraction of sp³-hybridized carbons (Fsp3) is 0.615. The summed E-state index contributed by atoms with van der Waals surface area (Å²) in [6, 6.07) is 3.82. The summed E-state index contributed by atoms with van der Waals surface area (Å²) >= 11 is 1.52. The van der Waals surface area contributed by atoms with Crippen molar-refractivity contribution in [2.75, 3.05) is 33.4 Å². The summed E-state index contributed by atoms with van der Waals surface area (Å²) in [7, 11) is 2.06. The van der Waals surface area contributed by atoms with E-state index >= 15 is 0 Å². The average Bonchev–Trinajstić information content (AvgIpc) is 2.82. The number of carbonyl (C=O) groups excluding carboxylic acids is 1. The van der Waals surface area contributed by atoms with Gasteiger partial charge in [-0.15, -0.1) is 11.3 Å². The first-order chi connectivity index (χ1) is 8.24. The molecule has 0 N–H and O–H groups in total. The number of rotatable bonds is 9. The van der Waals surface area contributed by atoms with Crippen LogP contribution >= 0.6 is 11.3 Å². The first kappa shape index (κ1) is 14.4. The SMILES string of the molecule is CCOCCN(C)CCCC(=O)c1cccs1. The van der Waals surface area contributed by atoms with E-state index in [1.807, 2.05) is 24.4 Å². The molecule has 0 radical (unpaired) electrons. The summed E-state index contributed by atoms with van der Waals surface area (Å²) in [4.78, 5) is 14.8. The molecule has 0 aliphatic heterocycles. The molecule has 0 unspecified atom stereocenters. The average molecular weight is 255 g/mol. The summed E-state index contributed by atoms with van der Waals surface area (Å²) in [6.07, 6.45) is 1.55. The summed E-state index contributed by atoms with van der Waals surface area (Å²) in [5.74, 6) is 0.262. The standard InChI is InChI=1S/C13H21NO2S/c1-3-16-10-9-14(2)8-4-6-12(15)13-7-5-11-17-13/h5,7,11H,3-4,6,8-10H2,1-2H3. The van der Waals surface area contributed by atoms with Crippen molar-refractivity contribution in [3.8, 4) is 0 Å². The molecule has 1 heterocycles. The van der Waals surface area contributed by atoms with Crippen molar-refractivity contribution in [2.24, 2.45) is 0 Å². The van der Waals surface area contributed by atoms with E-state index in [0.717, 1.165) is 37.6 Å². The van der Waals surface area contributed by atoms with E-state index in [4.69, 9.17) is 4.74 Å². The molecule has 4 heteroatoms. The molecule has 0 saturated heterocycles. The van der Waals surface area contributed by atoms with Crippen molar-refractivity contribution >= 4 is 17.1 Å². The minimum atomic E-state index is 0.262. The number of likely N-dealkylation sites (N-methyl/N-ethyl adjacent to an activating group) is 1. The lowest BCUT2D eigenvalue weighted by atomic mass is 10.2. The molecule has 1 aromatic rings. The molecule has 17 heavy (non-hydrogen) atoms. The molecular formula is C13H21NO2S. The van der Waals surface area contributed by atoms with Crippen LogP contribution in [0, 0.1) is 0 Å². The lowest BCUT2D eigenvalue weighted by Gasteiger charge is -2.15. The molecule has 96 valence electrons. The molecule has 0 amide bonds. The Hall–Kier alpha value is -0.710. The molecule has 0 aliphatic rings. The predicted molar refractivity (Wildman–Crippen MR) is 71.9 cm³/mol. The van der Waals surface area contributed by atoms with Crippen LogP contribution in [0.5, 0.6) is 0 Å². The van der Waals surface area contributed by atoms with E-state index in [1.165, 1.54) is 11.3 Å². The second kappa shape index (κ2) is 8.39. The topological polar surface area (TPSA) is 29.5 Å². The fourth-order valence-electron chi connectivity index (χ4n) is 1.55. The van der Waals surface area contributed by atoms with Gasteiger partial charge in [-0.1, -0.05) is 6.07 Å². The second-order valence-electron chi connectivity index (χ2n) is 4.00. The lowest BCUT2D eigenvalue weighted by molar-refractivity contribution is 0.0974. The second-order valence-corrected chi connectivity index (χ2v) is 4.95. The largest absolute Gasteiger partial charge is 0.380 e. The van der Waals surface area contributed by atoms with E-state index in [1.54, 1.807) is 0 Å². The van der Waals surface area contributed by atoms with Gasteiger partial charge < -0.3 is 9.64 Å². The Morgan fingerprint density at radius 3 is 2.94 bits per heavy atom. The van der Waals surface area contributed by atoms with Gasteiger partial charge in [-0.25, -0.2) is 0 Å². The molecule has 0 bridgehead atoms. The highest BCUT2D eigenvalue weighted by Crippen LogP contribution is 2.12. The van der Waals surface area contributed by atoms with Crippen LogP contribution in [0.25, 0.3) is 0 Å². The number of ketones is 1. The zero-order valence-corrected chi connectivity index (χ0v) is 11.5. The number of hydrogen-bond donors (Lipinski definition) is 0. The molecule has 3 nitrogen and oxygen atoms in total. The van der Waals surface area contributed by atoms with Crippen LogP contribution in [0.2, 0.25) is 0 Å². The summed E-state index contributed by atoms with van der Waals surface area (Å²) in [6.45, 7) is 5.42. The van der Waals surface area contributed by atoms with Crippen LogP contribution in [-0.2, 0) is 4.74 Å². The van der Waals surface area contributed by atoms with E-state index in [0.29, 0.717) is 6.42 Å². The van der Waals surface area contributed by atoms with Crippen LogP contribution in [0.15, 0.2) is 17.5 Å². The van der Waals surface area contributed by atoms with Crippen molar-refractivity contribution in [1.29, 1.82) is 0 Å². The van der Waals surface area contributed by atoms with E-state index < -0.39 is 0 Å². The van der Waals surface area contributed by atoms with Crippen molar-refractivity contribution in [3.05, 3.63) is 22.4 Å². The van der Waals surface area contributed by atoms with E-state index in [9.17, 15) is 4.79 Å². The summed E-state index contributed by atoms with van der Waals surface area (Å²) in [5.41, 5.74) is 0. The third-order valence-corrected chi connectivity index (χ3v) is 3.47. The minimum absolute atomic E-state index is 0.262. The first-order valence-electron chi connectivity index (χ1n) is 6.07. The zero-order valence-electron chi connectivity index (χ0n) is 10.6. The predicted octanol–water partition coefficient (Wildman–Crippen LogP) is 2.68. The van der Waals surface area contributed by atoms with Gasteiger partial charge in [-0.3, -0.25) is 4.79 Å². The van der Waals surface area contributed by atoms with E-state index in [-0.39, 0.29) is 5.78 Å². The van der Waals surface area contributed by atoms with Crippen LogP contribution in [0.1, 0.15) is 29.4 Å². The van der Waals surface area contributed by atoms with Crippen LogP contribution < -0.4 is 0 Å². The normalized spacial score (nSPS) is 11.0. The number of ether oxygens (including phenoxy) is 1. The maximum atomic E-state index is 11.7. The number of Topliss-reactive ketones (excluding diaryl/α,β-unsaturated/α-hetero) is 1. The maximum absolute atomic E-state index is 11.7. The zero-order chi connectivity index (χ0) is 12.5. The summed E-state index contributed by atoms with van der Waals surface area (Å²) in [5, 5.41) is 1.95. The Morgan fingerprint density at radius 1 is 1.47 bits per heavy atom. The fourth-order valence-corrected chi connectivity index (χ4v) is 2.24. The number of nitrogens with zero attached hydrogens (tertiary/aromatic N) is 1.